The van der Waals surface area contributed by atoms with Gasteiger partial charge in [0.1, 0.15) is 5.82 Å². The normalized spacial score (nSPS) is 10.2. The van der Waals surface area contributed by atoms with Crippen LogP contribution < -0.4 is 11.1 Å². The highest BCUT2D eigenvalue weighted by molar-refractivity contribution is 6.00. The number of carbonyl (C=O) groups is 1. The van der Waals surface area contributed by atoms with Crippen LogP contribution >= 0.6 is 0 Å². The highest BCUT2D eigenvalue weighted by Gasteiger charge is 2.16. The van der Waals surface area contributed by atoms with Crippen LogP contribution in [0.3, 0.4) is 0 Å². The average molecular weight is 288 g/mol. The minimum Gasteiger partial charge on any atom is -0.462 e. The van der Waals surface area contributed by atoms with Crippen molar-refractivity contribution >= 4 is 23.0 Å². The van der Waals surface area contributed by atoms with Gasteiger partial charge in [0.15, 0.2) is 0 Å². The summed E-state index contributed by atoms with van der Waals surface area (Å²) in [6, 6.07) is 9.64. The Kier molecular flexibility index (Phi) is 4.42. The van der Waals surface area contributed by atoms with Crippen LogP contribution in [0.2, 0.25) is 0 Å². The van der Waals surface area contributed by atoms with E-state index in [4.69, 9.17) is 10.5 Å². The van der Waals surface area contributed by atoms with E-state index in [1.807, 2.05) is 0 Å². The van der Waals surface area contributed by atoms with Crippen LogP contribution in [0.25, 0.3) is 0 Å². The van der Waals surface area contributed by atoms with Crippen molar-refractivity contribution in [2.45, 2.75) is 13.8 Å². The predicted molar refractivity (Wildman–Crippen MR) is 81.2 cm³/mol. The second-order valence-corrected chi connectivity index (χ2v) is 4.53. The molecule has 0 aliphatic carbocycles. The number of hydrogen-bond donors (Lipinski definition) is 2. The Morgan fingerprint density at radius 2 is 2.00 bits per heavy atom. The molecular formula is C16H17FN2O2. The van der Waals surface area contributed by atoms with Crippen molar-refractivity contribution in [3.8, 4) is 0 Å². The van der Waals surface area contributed by atoms with Gasteiger partial charge < -0.3 is 15.8 Å². The first-order chi connectivity index (χ1) is 10.0. The zero-order chi connectivity index (χ0) is 15.4. The van der Waals surface area contributed by atoms with Crippen molar-refractivity contribution in [1.29, 1.82) is 0 Å². The zero-order valence-corrected chi connectivity index (χ0v) is 11.9. The first-order valence-corrected chi connectivity index (χ1v) is 6.62. The van der Waals surface area contributed by atoms with E-state index in [0.29, 0.717) is 28.2 Å². The quantitative estimate of drug-likeness (QED) is 0.666. The third kappa shape index (κ3) is 3.13. The van der Waals surface area contributed by atoms with Crippen LogP contribution in [0.5, 0.6) is 0 Å². The molecule has 0 heterocycles. The lowest BCUT2D eigenvalue weighted by Gasteiger charge is -2.15. The molecule has 0 aliphatic heterocycles. The Morgan fingerprint density at radius 1 is 1.29 bits per heavy atom. The molecule has 4 nitrogen and oxygen atoms in total. The fourth-order valence-electron chi connectivity index (χ4n) is 1.97. The molecule has 0 aromatic heterocycles. The molecule has 2 aromatic rings. The van der Waals surface area contributed by atoms with E-state index < -0.39 is 5.97 Å². The fraction of sp³-hybridized carbons (Fsp3) is 0.188. The number of anilines is 3. The van der Waals surface area contributed by atoms with Gasteiger partial charge >= 0.3 is 5.97 Å². The molecule has 0 aliphatic rings. The van der Waals surface area contributed by atoms with Gasteiger partial charge in [-0.05, 0) is 38.1 Å². The van der Waals surface area contributed by atoms with Crippen LogP contribution in [-0.4, -0.2) is 12.6 Å². The first-order valence-electron chi connectivity index (χ1n) is 6.62. The van der Waals surface area contributed by atoms with Gasteiger partial charge in [-0.2, -0.15) is 0 Å². The number of nitrogen functional groups attached to an aromatic ring is 1. The number of nitrogens with two attached hydrogens (primary N) is 1. The van der Waals surface area contributed by atoms with Crippen molar-refractivity contribution < 1.29 is 13.9 Å². The Bertz CT molecular complexity index is 671. The summed E-state index contributed by atoms with van der Waals surface area (Å²) >= 11 is 0. The van der Waals surface area contributed by atoms with Crippen molar-refractivity contribution in [3.05, 3.63) is 53.3 Å². The van der Waals surface area contributed by atoms with Crippen molar-refractivity contribution in [2.75, 3.05) is 17.7 Å². The highest BCUT2D eigenvalue weighted by Crippen LogP contribution is 2.30. The SMILES string of the molecule is CCOC(=O)c1cccc(N)c1Nc1cccc(F)c1C. The van der Waals surface area contributed by atoms with Crippen LogP contribution in [-0.2, 0) is 4.74 Å². The Hall–Kier alpha value is -2.56. The molecule has 21 heavy (non-hydrogen) atoms. The van der Waals surface area contributed by atoms with Gasteiger partial charge in [-0.3, -0.25) is 0 Å². The molecule has 0 atom stereocenters. The number of halogens is 1. The molecule has 2 rings (SSSR count). The summed E-state index contributed by atoms with van der Waals surface area (Å²) in [6.07, 6.45) is 0. The van der Waals surface area contributed by atoms with Crippen LogP contribution in [0, 0.1) is 12.7 Å². The molecule has 0 spiro atoms. The number of para-hydroxylation sites is 1. The predicted octanol–water partition coefficient (Wildman–Crippen LogP) is 3.64. The van der Waals surface area contributed by atoms with Crippen LogP contribution in [0.15, 0.2) is 36.4 Å². The zero-order valence-electron chi connectivity index (χ0n) is 11.9. The van der Waals surface area contributed by atoms with Gasteiger partial charge in [0.25, 0.3) is 0 Å². The van der Waals surface area contributed by atoms with Gasteiger partial charge in [-0.15, -0.1) is 0 Å². The van der Waals surface area contributed by atoms with Gasteiger partial charge in [0, 0.05) is 11.3 Å². The van der Waals surface area contributed by atoms with Crippen molar-refractivity contribution in [2.24, 2.45) is 0 Å². The van der Waals surface area contributed by atoms with E-state index >= 15 is 0 Å². The topological polar surface area (TPSA) is 64.3 Å². The minimum absolute atomic E-state index is 0.270. The molecule has 0 fully saturated rings. The lowest BCUT2D eigenvalue weighted by molar-refractivity contribution is 0.0527. The average Bonchev–Trinajstić information content (AvgIpc) is 2.46. The summed E-state index contributed by atoms with van der Waals surface area (Å²) in [6.45, 7) is 3.65. The van der Waals surface area contributed by atoms with E-state index in [0.717, 1.165) is 0 Å². The number of benzene rings is 2. The van der Waals surface area contributed by atoms with E-state index in [9.17, 15) is 9.18 Å². The summed E-state index contributed by atoms with van der Waals surface area (Å²) in [4.78, 5) is 12.0. The summed E-state index contributed by atoms with van der Waals surface area (Å²) in [5.41, 5.74) is 8.07. The largest absolute Gasteiger partial charge is 0.462 e. The maximum absolute atomic E-state index is 13.6. The monoisotopic (exact) mass is 288 g/mol. The number of rotatable bonds is 4. The molecule has 3 N–H and O–H groups in total. The molecule has 2 aromatic carbocycles. The van der Waals surface area contributed by atoms with Crippen LogP contribution in [0.4, 0.5) is 21.5 Å². The second kappa shape index (κ2) is 6.26. The first kappa shape index (κ1) is 14.8. The Labute approximate surface area is 122 Å². The molecule has 0 unspecified atom stereocenters. The molecule has 0 saturated carbocycles. The summed E-state index contributed by atoms with van der Waals surface area (Å²) in [5.74, 6) is -0.798. The molecule has 110 valence electrons. The number of nitrogens with one attached hydrogen (secondary N) is 1. The molecule has 5 heteroatoms. The van der Waals surface area contributed by atoms with Gasteiger partial charge in [0.05, 0.1) is 23.5 Å². The summed E-state index contributed by atoms with van der Waals surface area (Å²) in [5, 5.41) is 3.02. The molecule has 0 saturated heterocycles. The number of hydrogen-bond acceptors (Lipinski definition) is 4. The minimum atomic E-state index is -0.471. The molecule has 0 amide bonds. The number of esters is 1. The van der Waals surface area contributed by atoms with E-state index in [1.54, 1.807) is 44.2 Å². The lowest BCUT2D eigenvalue weighted by Crippen LogP contribution is -2.10. The molecule has 0 bridgehead atoms. The smallest absolute Gasteiger partial charge is 0.340 e. The van der Waals surface area contributed by atoms with E-state index in [1.165, 1.54) is 6.07 Å². The maximum Gasteiger partial charge on any atom is 0.340 e. The van der Waals surface area contributed by atoms with Gasteiger partial charge in [0.2, 0.25) is 0 Å². The maximum atomic E-state index is 13.6. The summed E-state index contributed by atoms with van der Waals surface area (Å²) < 4.78 is 18.6. The third-order valence-corrected chi connectivity index (χ3v) is 3.12. The van der Waals surface area contributed by atoms with Crippen molar-refractivity contribution in [1.82, 2.24) is 0 Å². The summed E-state index contributed by atoms with van der Waals surface area (Å²) in [7, 11) is 0. The Morgan fingerprint density at radius 3 is 2.71 bits per heavy atom. The van der Waals surface area contributed by atoms with Gasteiger partial charge in [-0.1, -0.05) is 12.1 Å². The van der Waals surface area contributed by atoms with E-state index in [2.05, 4.69) is 5.32 Å². The van der Waals surface area contributed by atoms with Crippen LogP contribution in [0.1, 0.15) is 22.8 Å². The van der Waals surface area contributed by atoms with Gasteiger partial charge in [-0.25, -0.2) is 9.18 Å². The third-order valence-electron chi connectivity index (χ3n) is 3.12. The highest BCUT2D eigenvalue weighted by atomic mass is 19.1. The molecule has 0 radical (unpaired) electrons. The number of ether oxygens (including phenoxy) is 1. The lowest BCUT2D eigenvalue weighted by atomic mass is 10.1. The number of carbonyl (C=O) groups excluding carboxylic acids is 1. The van der Waals surface area contributed by atoms with E-state index in [-0.39, 0.29) is 12.4 Å². The van der Waals surface area contributed by atoms with Crippen molar-refractivity contribution in [3.63, 3.8) is 0 Å². The molecular weight excluding hydrogens is 271 g/mol. The standard InChI is InChI=1S/C16H17FN2O2/c1-3-21-16(20)11-6-4-8-13(18)15(11)19-14-9-5-7-12(17)10(14)2/h4-9,19H,3,18H2,1-2H3. The second-order valence-electron chi connectivity index (χ2n) is 4.53. The Balaban J connectivity index is 2.44. The fourth-order valence-corrected chi connectivity index (χ4v) is 1.97.